The van der Waals surface area contributed by atoms with Crippen LogP contribution in [0, 0.1) is 0 Å². The number of hydrogen-bond acceptors (Lipinski definition) is 3. The molecule has 0 aromatic rings. The van der Waals surface area contributed by atoms with Crippen molar-refractivity contribution in [2.24, 2.45) is 0 Å². The van der Waals surface area contributed by atoms with E-state index in [0.717, 1.165) is 26.2 Å². The third-order valence-electron chi connectivity index (χ3n) is 2.66. The van der Waals surface area contributed by atoms with Crippen molar-refractivity contribution in [2.45, 2.75) is 32.3 Å². The fourth-order valence-corrected chi connectivity index (χ4v) is 1.94. The number of hydrogen-bond donors (Lipinski definition) is 1. The molecule has 1 fully saturated rings. The quantitative estimate of drug-likeness (QED) is 0.673. The molecule has 0 unspecified atom stereocenters. The molecule has 0 atom stereocenters. The lowest BCUT2D eigenvalue weighted by atomic mass is 10.1. The van der Waals surface area contributed by atoms with Gasteiger partial charge in [0.25, 0.3) is 0 Å². The van der Waals surface area contributed by atoms with Crippen LogP contribution in [0.5, 0.6) is 0 Å². The first kappa shape index (κ1) is 12.0. The molecule has 0 aromatic carbocycles. The Bertz CT molecular complexity index is 159. The van der Waals surface area contributed by atoms with Crippen molar-refractivity contribution in [3.8, 4) is 0 Å². The van der Waals surface area contributed by atoms with Crippen LogP contribution in [0.2, 0.25) is 0 Å². The SMILES string of the molecule is CNCCCCN1CCOC(C)(C)C1. The maximum atomic E-state index is 5.67. The topological polar surface area (TPSA) is 24.5 Å². The van der Waals surface area contributed by atoms with Gasteiger partial charge in [-0.2, -0.15) is 0 Å². The molecule has 0 amide bonds. The Balaban J connectivity index is 2.12. The van der Waals surface area contributed by atoms with Crippen molar-refractivity contribution >= 4 is 0 Å². The van der Waals surface area contributed by atoms with E-state index in [2.05, 4.69) is 24.1 Å². The van der Waals surface area contributed by atoms with E-state index in [1.54, 1.807) is 0 Å². The summed E-state index contributed by atoms with van der Waals surface area (Å²) in [6, 6.07) is 0. The summed E-state index contributed by atoms with van der Waals surface area (Å²) >= 11 is 0. The molecule has 1 saturated heterocycles. The lowest BCUT2D eigenvalue weighted by Crippen LogP contribution is -2.48. The third kappa shape index (κ3) is 4.40. The van der Waals surface area contributed by atoms with Crippen LogP contribution in [-0.2, 0) is 4.74 Å². The van der Waals surface area contributed by atoms with Gasteiger partial charge < -0.3 is 10.1 Å². The average molecular weight is 200 g/mol. The van der Waals surface area contributed by atoms with E-state index in [4.69, 9.17) is 4.74 Å². The van der Waals surface area contributed by atoms with E-state index in [9.17, 15) is 0 Å². The van der Waals surface area contributed by atoms with Gasteiger partial charge in [0.1, 0.15) is 0 Å². The normalized spacial score (nSPS) is 22.5. The summed E-state index contributed by atoms with van der Waals surface area (Å²) in [4.78, 5) is 2.51. The highest BCUT2D eigenvalue weighted by molar-refractivity contribution is 4.78. The minimum Gasteiger partial charge on any atom is -0.373 e. The van der Waals surface area contributed by atoms with Gasteiger partial charge in [-0.1, -0.05) is 0 Å². The minimum atomic E-state index is 0.0568. The summed E-state index contributed by atoms with van der Waals surface area (Å²) < 4.78 is 5.67. The molecule has 1 N–H and O–H groups in total. The smallest absolute Gasteiger partial charge is 0.0753 e. The molecule has 1 aliphatic heterocycles. The van der Waals surface area contributed by atoms with Gasteiger partial charge >= 0.3 is 0 Å². The highest BCUT2D eigenvalue weighted by atomic mass is 16.5. The van der Waals surface area contributed by atoms with E-state index in [1.807, 2.05) is 7.05 Å². The molecular formula is C11H24N2O. The van der Waals surface area contributed by atoms with Gasteiger partial charge in [-0.15, -0.1) is 0 Å². The predicted molar refractivity (Wildman–Crippen MR) is 59.6 cm³/mol. The summed E-state index contributed by atoms with van der Waals surface area (Å²) in [5.41, 5.74) is 0.0568. The first-order valence-electron chi connectivity index (χ1n) is 5.65. The second-order valence-corrected chi connectivity index (χ2v) is 4.69. The largest absolute Gasteiger partial charge is 0.373 e. The molecule has 1 heterocycles. The van der Waals surface area contributed by atoms with Crippen LogP contribution < -0.4 is 5.32 Å². The molecule has 14 heavy (non-hydrogen) atoms. The van der Waals surface area contributed by atoms with Crippen LogP contribution >= 0.6 is 0 Å². The number of rotatable bonds is 5. The van der Waals surface area contributed by atoms with Gasteiger partial charge in [-0.05, 0) is 46.8 Å². The summed E-state index contributed by atoms with van der Waals surface area (Å²) in [5, 5.41) is 3.18. The average Bonchev–Trinajstić information content (AvgIpc) is 2.11. The Hall–Kier alpha value is -0.120. The van der Waals surface area contributed by atoms with Crippen LogP contribution in [-0.4, -0.2) is 50.3 Å². The van der Waals surface area contributed by atoms with Crippen LogP contribution in [0.25, 0.3) is 0 Å². The number of morpholine rings is 1. The Kier molecular flexibility index (Phi) is 4.85. The number of nitrogens with zero attached hydrogens (tertiary/aromatic N) is 1. The van der Waals surface area contributed by atoms with Gasteiger partial charge in [0.2, 0.25) is 0 Å². The highest BCUT2D eigenvalue weighted by Gasteiger charge is 2.26. The molecule has 0 spiro atoms. The molecule has 0 radical (unpaired) electrons. The summed E-state index contributed by atoms with van der Waals surface area (Å²) in [6.07, 6.45) is 2.56. The van der Waals surface area contributed by atoms with Gasteiger partial charge in [0.15, 0.2) is 0 Å². The van der Waals surface area contributed by atoms with Gasteiger partial charge in [-0.3, -0.25) is 4.90 Å². The van der Waals surface area contributed by atoms with Crippen molar-refractivity contribution in [3.05, 3.63) is 0 Å². The molecule has 1 rings (SSSR count). The number of ether oxygens (including phenoxy) is 1. The molecule has 0 aliphatic carbocycles. The van der Waals surface area contributed by atoms with Crippen LogP contribution in [0.15, 0.2) is 0 Å². The van der Waals surface area contributed by atoms with Crippen LogP contribution in [0.3, 0.4) is 0 Å². The monoisotopic (exact) mass is 200 g/mol. The van der Waals surface area contributed by atoms with Crippen molar-refractivity contribution in [3.63, 3.8) is 0 Å². The summed E-state index contributed by atoms with van der Waals surface area (Å²) in [7, 11) is 2.01. The Morgan fingerprint density at radius 1 is 1.36 bits per heavy atom. The second-order valence-electron chi connectivity index (χ2n) is 4.69. The van der Waals surface area contributed by atoms with E-state index < -0.39 is 0 Å². The van der Waals surface area contributed by atoms with Crippen LogP contribution in [0.4, 0.5) is 0 Å². The molecule has 0 bridgehead atoms. The lowest BCUT2D eigenvalue weighted by molar-refractivity contribution is -0.0860. The zero-order chi connectivity index (χ0) is 10.4. The predicted octanol–water partition coefficient (Wildman–Crippen LogP) is 1.10. The van der Waals surface area contributed by atoms with Crippen molar-refractivity contribution in [2.75, 3.05) is 39.8 Å². The van der Waals surface area contributed by atoms with Crippen molar-refractivity contribution in [1.82, 2.24) is 10.2 Å². The zero-order valence-corrected chi connectivity index (χ0v) is 9.81. The fourth-order valence-electron chi connectivity index (χ4n) is 1.94. The molecule has 84 valence electrons. The maximum absolute atomic E-state index is 5.67. The Morgan fingerprint density at radius 2 is 2.14 bits per heavy atom. The molecule has 3 nitrogen and oxygen atoms in total. The first-order chi connectivity index (χ1) is 6.64. The molecule has 0 saturated carbocycles. The van der Waals surface area contributed by atoms with Crippen molar-refractivity contribution < 1.29 is 4.74 Å². The van der Waals surface area contributed by atoms with Gasteiger partial charge in [-0.25, -0.2) is 0 Å². The molecule has 1 aliphatic rings. The van der Waals surface area contributed by atoms with E-state index in [-0.39, 0.29) is 5.60 Å². The standard InChI is InChI=1S/C11H24N2O/c1-11(2)10-13(8-9-14-11)7-5-4-6-12-3/h12H,4-10H2,1-3H3. The van der Waals surface area contributed by atoms with E-state index >= 15 is 0 Å². The first-order valence-corrected chi connectivity index (χ1v) is 5.65. The minimum absolute atomic E-state index is 0.0568. The molecular weight excluding hydrogens is 176 g/mol. The fraction of sp³-hybridized carbons (Fsp3) is 1.00. The van der Waals surface area contributed by atoms with Gasteiger partial charge in [0.05, 0.1) is 12.2 Å². The van der Waals surface area contributed by atoms with Gasteiger partial charge in [0, 0.05) is 13.1 Å². The Morgan fingerprint density at radius 3 is 2.79 bits per heavy atom. The van der Waals surface area contributed by atoms with E-state index in [0.29, 0.717) is 0 Å². The third-order valence-corrected chi connectivity index (χ3v) is 2.66. The molecule has 0 aromatic heterocycles. The van der Waals surface area contributed by atoms with Crippen LogP contribution in [0.1, 0.15) is 26.7 Å². The Labute approximate surface area is 87.8 Å². The number of unbranched alkanes of at least 4 members (excludes halogenated alkanes) is 1. The van der Waals surface area contributed by atoms with E-state index in [1.165, 1.54) is 19.4 Å². The maximum Gasteiger partial charge on any atom is 0.0753 e. The highest BCUT2D eigenvalue weighted by Crippen LogP contribution is 2.16. The number of nitrogens with one attached hydrogen (secondary N) is 1. The van der Waals surface area contributed by atoms with Crippen molar-refractivity contribution in [1.29, 1.82) is 0 Å². The lowest BCUT2D eigenvalue weighted by Gasteiger charge is -2.38. The zero-order valence-electron chi connectivity index (χ0n) is 9.81. The molecule has 3 heteroatoms. The summed E-state index contributed by atoms with van der Waals surface area (Å²) in [6.45, 7) is 9.76. The summed E-state index contributed by atoms with van der Waals surface area (Å²) in [5.74, 6) is 0. The second kappa shape index (κ2) is 5.69.